The minimum atomic E-state index is 0.122. The smallest absolute Gasteiger partial charge is 0.231 e. The maximum absolute atomic E-state index is 12.6. The predicted molar refractivity (Wildman–Crippen MR) is 116 cm³/mol. The van der Waals surface area contributed by atoms with Crippen LogP contribution in [0, 0.1) is 0 Å². The molecule has 5 rings (SSSR count). The summed E-state index contributed by atoms with van der Waals surface area (Å²) in [5.41, 5.74) is 2.98. The summed E-state index contributed by atoms with van der Waals surface area (Å²) in [7, 11) is 0. The van der Waals surface area contributed by atoms with Gasteiger partial charge in [0.15, 0.2) is 0 Å². The first-order chi connectivity index (χ1) is 14.2. The molecular weight excluding hydrogens is 384 g/mol. The molecule has 1 saturated carbocycles. The molecule has 4 nitrogen and oxygen atoms in total. The molecule has 0 unspecified atom stereocenters. The minimum Gasteiger partial charge on any atom is -0.490 e. The van der Waals surface area contributed by atoms with Gasteiger partial charge in [-0.15, -0.1) is 0 Å². The second-order valence-corrected chi connectivity index (χ2v) is 8.87. The van der Waals surface area contributed by atoms with E-state index in [9.17, 15) is 4.79 Å². The van der Waals surface area contributed by atoms with Crippen LogP contribution in [0.25, 0.3) is 0 Å². The molecule has 2 heterocycles. The van der Waals surface area contributed by atoms with Gasteiger partial charge in [0.25, 0.3) is 0 Å². The Labute approximate surface area is 177 Å². The molecule has 2 aromatic carbocycles. The van der Waals surface area contributed by atoms with Crippen molar-refractivity contribution in [1.29, 1.82) is 0 Å². The molecule has 2 fully saturated rings. The van der Waals surface area contributed by atoms with Crippen molar-refractivity contribution >= 4 is 28.9 Å². The van der Waals surface area contributed by atoms with E-state index in [1.807, 2.05) is 36.4 Å². The van der Waals surface area contributed by atoms with Crippen LogP contribution < -0.4 is 9.64 Å². The van der Waals surface area contributed by atoms with Crippen molar-refractivity contribution in [2.45, 2.75) is 57.1 Å². The van der Waals surface area contributed by atoms with Gasteiger partial charge >= 0.3 is 0 Å². The van der Waals surface area contributed by atoms with E-state index in [-0.39, 0.29) is 5.91 Å². The van der Waals surface area contributed by atoms with E-state index in [4.69, 9.17) is 16.3 Å². The van der Waals surface area contributed by atoms with E-state index < -0.39 is 0 Å². The topological polar surface area (TPSA) is 32.8 Å². The van der Waals surface area contributed by atoms with Crippen LogP contribution >= 0.6 is 11.6 Å². The number of fused-ring (bicyclic) bond motifs is 1. The summed E-state index contributed by atoms with van der Waals surface area (Å²) in [4.78, 5) is 17.1. The third-order valence-corrected chi connectivity index (χ3v) is 6.86. The van der Waals surface area contributed by atoms with Crippen molar-refractivity contribution in [3.63, 3.8) is 0 Å². The molecule has 1 saturated heterocycles. The molecule has 1 amide bonds. The first kappa shape index (κ1) is 19.0. The van der Waals surface area contributed by atoms with Gasteiger partial charge in [-0.25, -0.2) is 0 Å². The summed E-state index contributed by atoms with van der Waals surface area (Å²) in [6.07, 6.45) is 7.91. The summed E-state index contributed by atoms with van der Waals surface area (Å²) in [5, 5.41) is 0.672. The number of anilines is 2. The molecular formula is C24H27ClN2O2. The molecule has 2 aliphatic heterocycles. The van der Waals surface area contributed by atoms with Crippen LogP contribution in [0.2, 0.25) is 5.02 Å². The number of ether oxygens (including phenoxy) is 1. The molecule has 3 aliphatic rings. The lowest BCUT2D eigenvalue weighted by Crippen LogP contribution is -2.46. The summed E-state index contributed by atoms with van der Waals surface area (Å²) >= 11 is 6.02. The van der Waals surface area contributed by atoms with E-state index in [0.29, 0.717) is 17.5 Å². The normalized spacial score (nSPS) is 21.0. The maximum atomic E-state index is 12.6. The molecule has 1 aliphatic carbocycles. The number of halogens is 1. The van der Waals surface area contributed by atoms with Crippen LogP contribution in [0.1, 0.15) is 44.1 Å². The Morgan fingerprint density at radius 2 is 1.69 bits per heavy atom. The molecule has 0 aromatic heterocycles. The van der Waals surface area contributed by atoms with Gasteiger partial charge in [-0.3, -0.25) is 9.69 Å². The highest BCUT2D eigenvalue weighted by Gasteiger charge is 2.30. The van der Waals surface area contributed by atoms with Gasteiger partial charge in [0, 0.05) is 36.3 Å². The van der Waals surface area contributed by atoms with E-state index >= 15 is 0 Å². The fraction of sp³-hybridized carbons (Fsp3) is 0.458. The monoisotopic (exact) mass is 410 g/mol. The number of hydrogen-bond donors (Lipinski definition) is 0. The molecule has 0 spiro atoms. The highest BCUT2D eigenvalue weighted by Crippen LogP contribution is 2.37. The Hall–Kier alpha value is -2.04. The quantitative estimate of drug-likeness (QED) is 0.681. The van der Waals surface area contributed by atoms with Gasteiger partial charge in [-0.2, -0.15) is 0 Å². The van der Waals surface area contributed by atoms with Gasteiger partial charge in [0.2, 0.25) is 5.91 Å². The van der Waals surface area contributed by atoms with Crippen molar-refractivity contribution in [3.8, 4) is 5.75 Å². The standard InChI is InChI=1S/C24H27ClN2O2/c25-18-5-7-20(8-6-18)27-23-10-9-22(16-17(23)4-11-24(27)28)29-21-12-14-26(15-13-21)19-2-1-3-19/h5-10,16,19,21H,1-4,11-15H2. The fourth-order valence-corrected chi connectivity index (χ4v) is 4.84. The zero-order chi connectivity index (χ0) is 19.8. The van der Waals surface area contributed by atoms with Crippen molar-refractivity contribution in [1.82, 2.24) is 4.90 Å². The number of amides is 1. The number of hydrogen-bond acceptors (Lipinski definition) is 3. The van der Waals surface area contributed by atoms with Crippen molar-refractivity contribution < 1.29 is 9.53 Å². The number of carbonyl (C=O) groups is 1. The Bertz CT molecular complexity index is 886. The van der Waals surface area contributed by atoms with E-state index in [2.05, 4.69) is 11.0 Å². The number of aryl methyl sites for hydroxylation is 1. The summed E-state index contributed by atoms with van der Waals surface area (Å²) in [6, 6.07) is 14.4. The predicted octanol–water partition coefficient (Wildman–Crippen LogP) is 5.35. The first-order valence-corrected chi connectivity index (χ1v) is 11.2. The van der Waals surface area contributed by atoms with Crippen LogP contribution in [0.5, 0.6) is 5.75 Å². The third-order valence-electron chi connectivity index (χ3n) is 6.60. The van der Waals surface area contributed by atoms with E-state index in [1.54, 1.807) is 4.90 Å². The van der Waals surface area contributed by atoms with Crippen LogP contribution in [0.3, 0.4) is 0 Å². The Balaban J connectivity index is 1.29. The van der Waals surface area contributed by atoms with Crippen molar-refractivity contribution in [3.05, 3.63) is 53.1 Å². The molecule has 2 aromatic rings. The summed E-state index contributed by atoms with van der Waals surface area (Å²) in [6.45, 7) is 2.30. The zero-order valence-electron chi connectivity index (χ0n) is 16.6. The third kappa shape index (κ3) is 3.88. The van der Waals surface area contributed by atoms with Crippen molar-refractivity contribution in [2.75, 3.05) is 18.0 Å². The largest absolute Gasteiger partial charge is 0.490 e. The van der Waals surface area contributed by atoms with Gasteiger partial charge in [0.05, 0.1) is 5.69 Å². The number of benzene rings is 2. The zero-order valence-corrected chi connectivity index (χ0v) is 17.4. The highest BCUT2D eigenvalue weighted by molar-refractivity contribution is 6.30. The number of carbonyl (C=O) groups excluding carboxylic acids is 1. The first-order valence-electron chi connectivity index (χ1n) is 10.8. The van der Waals surface area contributed by atoms with Gasteiger partial charge in [-0.1, -0.05) is 18.0 Å². The number of piperidine rings is 1. The van der Waals surface area contributed by atoms with Crippen LogP contribution in [-0.4, -0.2) is 36.0 Å². The fourth-order valence-electron chi connectivity index (χ4n) is 4.72. The van der Waals surface area contributed by atoms with Crippen LogP contribution in [0.15, 0.2) is 42.5 Å². The molecule has 0 N–H and O–H groups in total. The Kier molecular flexibility index (Phi) is 5.23. The lowest BCUT2D eigenvalue weighted by molar-refractivity contribution is -0.118. The Morgan fingerprint density at radius 3 is 2.38 bits per heavy atom. The average molecular weight is 411 g/mol. The van der Waals surface area contributed by atoms with Crippen LogP contribution in [-0.2, 0) is 11.2 Å². The molecule has 0 radical (unpaired) electrons. The second kappa shape index (κ2) is 8.00. The van der Waals surface area contributed by atoms with Gasteiger partial charge in [-0.05, 0) is 80.1 Å². The van der Waals surface area contributed by atoms with E-state index in [1.165, 1.54) is 24.8 Å². The maximum Gasteiger partial charge on any atom is 0.231 e. The SMILES string of the molecule is O=C1CCc2cc(OC3CCN(C4CCC4)CC3)ccc2N1c1ccc(Cl)cc1. The number of nitrogens with zero attached hydrogens (tertiary/aromatic N) is 2. The number of likely N-dealkylation sites (tertiary alicyclic amines) is 1. The minimum absolute atomic E-state index is 0.122. The summed E-state index contributed by atoms with van der Waals surface area (Å²) in [5.74, 6) is 1.05. The van der Waals surface area contributed by atoms with Gasteiger partial charge in [0.1, 0.15) is 11.9 Å². The molecule has 152 valence electrons. The number of rotatable bonds is 4. The highest BCUT2D eigenvalue weighted by atomic mass is 35.5. The molecule has 0 atom stereocenters. The van der Waals surface area contributed by atoms with Crippen molar-refractivity contribution in [2.24, 2.45) is 0 Å². The van der Waals surface area contributed by atoms with E-state index in [0.717, 1.165) is 55.5 Å². The lowest BCUT2D eigenvalue weighted by atomic mass is 9.90. The lowest BCUT2D eigenvalue weighted by Gasteiger charge is -2.41. The second-order valence-electron chi connectivity index (χ2n) is 8.43. The average Bonchev–Trinajstić information content (AvgIpc) is 2.69. The molecule has 0 bridgehead atoms. The molecule has 29 heavy (non-hydrogen) atoms. The van der Waals surface area contributed by atoms with Gasteiger partial charge < -0.3 is 9.64 Å². The Morgan fingerprint density at radius 1 is 0.931 bits per heavy atom. The molecule has 5 heteroatoms. The summed E-state index contributed by atoms with van der Waals surface area (Å²) < 4.78 is 6.34. The van der Waals surface area contributed by atoms with Crippen LogP contribution in [0.4, 0.5) is 11.4 Å².